The third kappa shape index (κ3) is 2.13. The summed E-state index contributed by atoms with van der Waals surface area (Å²) in [5, 5.41) is 0. The first-order valence-electron chi connectivity index (χ1n) is 4.67. The lowest BCUT2D eigenvalue weighted by Gasteiger charge is -2.07. The zero-order valence-electron chi connectivity index (χ0n) is 8.42. The van der Waals surface area contributed by atoms with Crippen LogP contribution in [0, 0.1) is 5.92 Å². The van der Waals surface area contributed by atoms with E-state index in [2.05, 4.69) is 33.8 Å². The van der Waals surface area contributed by atoms with E-state index in [9.17, 15) is 0 Å². The Kier molecular flexibility index (Phi) is 2.96. The quantitative estimate of drug-likeness (QED) is 0.668. The summed E-state index contributed by atoms with van der Waals surface area (Å²) in [6.07, 6.45) is 2.85. The monoisotopic (exact) mass is 166 g/mol. The lowest BCUT2D eigenvalue weighted by molar-refractivity contribution is 0.465. The van der Waals surface area contributed by atoms with Crippen LogP contribution in [0.15, 0.2) is 16.7 Å². The van der Waals surface area contributed by atoms with Crippen LogP contribution in [0.3, 0.4) is 0 Å². The van der Waals surface area contributed by atoms with Crippen molar-refractivity contribution in [3.8, 4) is 0 Å². The van der Waals surface area contributed by atoms with Crippen LogP contribution in [-0.2, 0) is 6.42 Å². The maximum absolute atomic E-state index is 5.44. The number of hydrogen-bond acceptors (Lipinski definition) is 1. The van der Waals surface area contributed by atoms with Crippen LogP contribution in [0.1, 0.15) is 44.9 Å². The smallest absolute Gasteiger partial charge is 0.107 e. The van der Waals surface area contributed by atoms with Crippen molar-refractivity contribution in [3.63, 3.8) is 0 Å². The molecule has 1 heterocycles. The second-order valence-electron chi connectivity index (χ2n) is 4.05. The van der Waals surface area contributed by atoms with Crippen LogP contribution in [0.5, 0.6) is 0 Å². The molecule has 1 heteroatoms. The summed E-state index contributed by atoms with van der Waals surface area (Å²) >= 11 is 0. The Morgan fingerprint density at radius 1 is 1.25 bits per heavy atom. The van der Waals surface area contributed by atoms with Crippen LogP contribution in [0.25, 0.3) is 0 Å². The van der Waals surface area contributed by atoms with Crippen molar-refractivity contribution in [1.82, 2.24) is 0 Å². The second kappa shape index (κ2) is 3.79. The zero-order chi connectivity index (χ0) is 9.14. The number of hydrogen-bond donors (Lipinski definition) is 0. The SMILES string of the molecule is CC(C)Cc1occc1C(C)C. The predicted molar refractivity (Wildman–Crippen MR) is 51.3 cm³/mol. The molecule has 0 aromatic carbocycles. The topological polar surface area (TPSA) is 13.1 Å². The summed E-state index contributed by atoms with van der Waals surface area (Å²) < 4.78 is 5.44. The molecule has 0 unspecified atom stereocenters. The van der Waals surface area contributed by atoms with Gasteiger partial charge in [-0.25, -0.2) is 0 Å². The Labute approximate surface area is 74.8 Å². The van der Waals surface area contributed by atoms with Gasteiger partial charge in [0.25, 0.3) is 0 Å². The Hall–Kier alpha value is -0.720. The number of furan rings is 1. The molecule has 0 fully saturated rings. The number of rotatable bonds is 3. The van der Waals surface area contributed by atoms with E-state index in [0.717, 1.165) is 6.42 Å². The average molecular weight is 166 g/mol. The molecule has 1 rings (SSSR count). The molecule has 0 aliphatic carbocycles. The van der Waals surface area contributed by atoms with Gasteiger partial charge in [-0.1, -0.05) is 27.7 Å². The minimum Gasteiger partial charge on any atom is -0.469 e. The van der Waals surface area contributed by atoms with Gasteiger partial charge in [0, 0.05) is 6.42 Å². The largest absolute Gasteiger partial charge is 0.469 e. The molecule has 0 aliphatic rings. The summed E-state index contributed by atoms with van der Waals surface area (Å²) in [5.41, 5.74) is 1.36. The molecule has 68 valence electrons. The van der Waals surface area contributed by atoms with Crippen molar-refractivity contribution in [1.29, 1.82) is 0 Å². The molecular formula is C11H18O. The molecule has 0 radical (unpaired) electrons. The molecule has 1 nitrogen and oxygen atoms in total. The highest BCUT2D eigenvalue weighted by molar-refractivity contribution is 5.20. The first-order chi connectivity index (χ1) is 5.61. The van der Waals surface area contributed by atoms with E-state index in [1.54, 1.807) is 6.26 Å². The van der Waals surface area contributed by atoms with Gasteiger partial charge in [0.15, 0.2) is 0 Å². The molecule has 1 aromatic heterocycles. The molecular weight excluding hydrogens is 148 g/mol. The zero-order valence-corrected chi connectivity index (χ0v) is 8.42. The minimum absolute atomic E-state index is 0.581. The van der Waals surface area contributed by atoms with Gasteiger partial charge in [0.05, 0.1) is 6.26 Å². The Morgan fingerprint density at radius 3 is 2.42 bits per heavy atom. The van der Waals surface area contributed by atoms with Crippen molar-refractivity contribution in [2.75, 3.05) is 0 Å². The van der Waals surface area contributed by atoms with Gasteiger partial charge in [-0.05, 0) is 23.5 Å². The van der Waals surface area contributed by atoms with Gasteiger partial charge in [-0.15, -0.1) is 0 Å². The first kappa shape index (κ1) is 9.37. The van der Waals surface area contributed by atoms with Crippen LogP contribution in [0.2, 0.25) is 0 Å². The first-order valence-corrected chi connectivity index (χ1v) is 4.67. The second-order valence-corrected chi connectivity index (χ2v) is 4.05. The molecule has 0 saturated heterocycles. The highest BCUT2D eigenvalue weighted by Gasteiger charge is 2.10. The third-order valence-electron chi connectivity index (χ3n) is 2.00. The molecule has 0 atom stereocenters. The maximum Gasteiger partial charge on any atom is 0.107 e. The van der Waals surface area contributed by atoms with Gasteiger partial charge < -0.3 is 4.42 Å². The van der Waals surface area contributed by atoms with Gasteiger partial charge in [0.2, 0.25) is 0 Å². The molecule has 0 spiro atoms. The van der Waals surface area contributed by atoms with Crippen LogP contribution < -0.4 is 0 Å². The lowest BCUT2D eigenvalue weighted by Crippen LogP contribution is -1.97. The fraction of sp³-hybridized carbons (Fsp3) is 0.636. The highest BCUT2D eigenvalue weighted by Crippen LogP contribution is 2.22. The van der Waals surface area contributed by atoms with Gasteiger partial charge >= 0.3 is 0 Å². The van der Waals surface area contributed by atoms with E-state index < -0.39 is 0 Å². The van der Waals surface area contributed by atoms with Crippen molar-refractivity contribution < 1.29 is 4.42 Å². The van der Waals surface area contributed by atoms with E-state index in [1.807, 2.05) is 0 Å². The van der Waals surface area contributed by atoms with Crippen molar-refractivity contribution in [2.45, 2.75) is 40.0 Å². The van der Waals surface area contributed by atoms with E-state index in [1.165, 1.54) is 11.3 Å². The molecule has 12 heavy (non-hydrogen) atoms. The fourth-order valence-corrected chi connectivity index (χ4v) is 1.40. The van der Waals surface area contributed by atoms with E-state index in [0.29, 0.717) is 11.8 Å². The van der Waals surface area contributed by atoms with Gasteiger partial charge in [-0.3, -0.25) is 0 Å². The Balaban J connectivity index is 2.77. The molecule has 0 aliphatic heterocycles. The third-order valence-corrected chi connectivity index (χ3v) is 2.00. The highest BCUT2D eigenvalue weighted by atomic mass is 16.3. The molecule has 0 saturated carbocycles. The summed E-state index contributed by atoms with van der Waals surface area (Å²) in [4.78, 5) is 0. The van der Waals surface area contributed by atoms with Crippen LogP contribution in [-0.4, -0.2) is 0 Å². The minimum atomic E-state index is 0.581. The summed E-state index contributed by atoms with van der Waals surface area (Å²) in [6, 6.07) is 2.09. The van der Waals surface area contributed by atoms with Crippen molar-refractivity contribution in [2.24, 2.45) is 5.92 Å². The fourth-order valence-electron chi connectivity index (χ4n) is 1.40. The maximum atomic E-state index is 5.44. The molecule has 0 bridgehead atoms. The molecule has 0 amide bonds. The normalized spacial score (nSPS) is 11.5. The summed E-state index contributed by atoms with van der Waals surface area (Å²) in [5.74, 6) is 2.42. The van der Waals surface area contributed by atoms with Gasteiger partial charge in [0.1, 0.15) is 5.76 Å². The Bertz CT molecular complexity index is 233. The van der Waals surface area contributed by atoms with E-state index >= 15 is 0 Å². The average Bonchev–Trinajstić information content (AvgIpc) is 2.33. The molecule has 0 N–H and O–H groups in total. The van der Waals surface area contributed by atoms with E-state index in [-0.39, 0.29) is 0 Å². The van der Waals surface area contributed by atoms with Crippen LogP contribution in [0.4, 0.5) is 0 Å². The van der Waals surface area contributed by atoms with Crippen molar-refractivity contribution >= 4 is 0 Å². The van der Waals surface area contributed by atoms with Crippen LogP contribution >= 0.6 is 0 Å². The standard InChI is InChI=1S/C11H18O/c1-8(2)7-11-10(9(3)4)5-6-12-11/h5-6,8-9H,7H2,1-4H3. The lowest BCUT2D eigenvalue weighted by atomic mass is 9.99. The summed E-state index contributed by atoms with van der Waals surface area (Å²) in [7, 11) is 0. The predicted octanol–water partition coefficient (Wildman–Crippen LogP) is 3.60. The van der Waals surface area contributed by atoms with Crippen molar-refractivity contribution in [3.05, 3.63) is 23.7 Å². The summed E-state index contributed by atoms with van der Waals surface area (Å²) in [6.45, 7) is 8.84. The Morgan fingerprint density at radius 2 is 1.92 bits per heavy atom. The van der Waals surface area contributed by atoms with Gasteiger partial charge in [-0.2, -0.15) is 0 Å². The molecule has 1 aromatic rings. The van der Waals surface area contributed by atoms with E-state index in [4.69, 9.17) is 4.42 Å².